The number of unbranched alkanes of at least 4 members (excludes halogenated alkanes) is 1. The molecule has 0 aromatic carbocycles. The maximum absolute atomic E-state index is 11.1. The van der Waals surface area contributed by atoms with Crippen molar-refractivity contribution in [2.24, 2.45) is 0 Å². The third-order valence-corrected chi connectivity index (χ3v) is 3.12. The Labute approximate surface area is 108 Å². The lowest BCUT2D eigenvalue weighted by molar-refractivity contribution is 0.0594. The minimum atomic E-state index is -0.458. The molecule has 8 heteroatoms. The van der Waals surface area contributed by atoms with Crippen LogP contribution < -0.4 is 0 Å². The average Bonchev–Trinajstić information content (AvgIpc) is 2.76. The summed E-state index contributed by atoms with van der Waals surface area (Å²) in [6.45, 7) is 2.01. The average molecular weight is 357 g/mol. The molecule has 0 bridgehead atoms. The molecule has 0 spiro atoms. The van der Waals surface area contributed by atoms with E-state index in [1.165, 1.54) is 7.11 Å². The Morgan fingerprint density at radius 1 is 1.62 bits per heavy atom. The van der Waals surface area contributed by atoms with E-state index < -0.39 is 5.97 Å². The molecule has 0 fully saturated rings. The molecule has 0 aliphatic heterocycles. The highest BCUT2D eigenvalue weighted by Gasteiger charge is 2.09. The van der Waals surface area contributed by atoms with Crippen molar-refractivity contribution in [3.8, 4) is 0 Å². The molecule has 0 amide bonds. The molecule has 90 valence electrons. The zero-order valence-corrected chi connectivity index (χ0v) is 12.0. The van der Waals surface area contributed by atoms with E-state index in [1.807, 2.05) is 0 Å². The van der Waals surface area contributed by atoms with E-state index in [-0.39, 0.29) is 5.69 Å². The highest BCUT2D eigenvalue weighted by molar-refractivity contribution is 14.2. The van der Waals surface area contributed by atoms with Gasteiger partial charge in [0.25, 0.3) is 0 Å². The van der Waals surface area contributed by atoms with Gasteiger partial charge in [-0.1, -0.05) is 5.21 Å². The van der Waals surface area contributed by atoms with E-state index in [9.17, 15) is 4.79 Å². The molecule has 0 radical (unpaired) electrons. The number of aromatic nitrogens is 3. The molecule has 0 aliphatic rings. The van der Waals surface area contributed by atoms with Crippen LogP contribution >= 0.6 is 28.5 Å². The first kappa shape index (κ1) is 13.8. The third-order valence-electron chi connectivity index (χ3n) is 1.87. The molecule has 16 heavy (non-hydrogen) atoms. The second-order valence-electron chi connectivity index (χ2n) is 2.99. The lowest BCUT2D eigenvalue weighted by atomic mass is 10.3. The lowest BCUT2D eigenvalue weighted by Gasteiger charge is -2.00. The molecule has 0 saturated heterocycles. The van der Waals surface area contributed by atoms with Gasteiger partial charge in [-0.3, -0.25) is 4.68 Å². The fourth-order valence-electron chi connectivity index (χ4n) is 1.09. The standard InChI is InChI=1S/C8H13IN3O3P/c1-14-8(13)7-6-12(11-10-7)4-2-3-5-15-16-9/h6,16H,2-5H2,1H3. The number of rotatable bonds is 7. The fourth-order valence-corrected chi connectivity index (χ4v) is 1.97. The van der Waals surface area contributed by atoms with Gasteiger partial charge in [-0.25, -0.2) is 4.79 Å². The number of esters is 1. The first-order chi connectivity index (χ1) is 7.77. The Bertz CT molecular complexity index is 334. The fraction of sp³-hybridized carbons (Fsp3) is 0.625. The Morgan fingerprint density at radius 3 is 3.12 bits per heavy atom. The maximum Gasteiger partial charge on any atom is 0.360 e. The van der Waals surface area contributed by atoms with Gasteiger partial charge >= 0.3 is 5.97 Å². The van der Waals surface area contributed by atoms with E-state index in [2.05, 4.69) is 37.1 Å². The number of carbonyl (C=O) groups excluding carboxylic acids is 1. The van der Waals surface area contributed by atoms with Crippen molar-refractivity contribution in [3.63, 3.8) is 0 Å². The van der Waals surface area contributed by atoms with Crippen LogP contribution in [0.5, 0.6) is 0 Å². The Morgan fingerprint density at radius 2 is 2.44 bits per heavy atom. The van der Waals surface area contributed by atoms with Crippen molar-refractivity contribution in [2.45, 2.75) is 19.4 Å². The normalized spacial score (nSPS) is 11.1. The second-order valence-corrected chi connectivity index (χ2v) is 4.76. The summed E-state index contributed by atoms with van der Waals surface area (Å²) in [5.74, 6) is -0.458. The van der Waals surface area contributed by atoms with Gasteiger partial charge in [-0.15, -0.1) is 5.10 Å². The number of carbonyl (C=O) groups is 1. The van der Waals surface area contributed by atoms with Gasteiger partial charge < -0.3 is 9.26 Å². The van der Waals surface area contributed by atoms with Gasteiger partial charge in [-0.05, 0) is 34.9 Å². The van der Waals surface area contributed by atoms with Crippen LogP contribution in [0.4, 0.5) is 0 Å². The van der Waals surface area contributed by atoms with Gasteiger partial charge in [-0.2, -0.15) is 0 Å². The number of hydrogen-bond acceptors (Lipinski definition) is 5. The van der Waals surface area contributed by atoms with E-state index in [0.29, 0.717) is 6.45 Å². The molecular formula is C8H13IN3O3P. The summed E-state index contributed by atoms with van der Waals surface area (Å²) in [6, 6.07) is 0. The minimum Gasteiger partial charge on any atom is -0.464 e. The summed E-state index contributed by atoms with van der Waals surface area (Å²) in [5.41, 5.74) is 0.243. The molecule has 0 saturated carbocycles. The Hall–Kier alpha value is -0.270. The molecule has 1 aromatic rings. The van der Waals surface area contributed by atoms with Crippen LogP contribution in [0.25, 0.3) is 0 Å². The van der Waals surface area contributed by atoms with Crippen molar-refractivity contribution in [1.29, 1.82) is 0 Å². The van der Waals surface area contributed by atoms with Gasteiger partial charge in [0.1, 0.15) is 0 Å². The smallest absolute Gasteiger partial charge is 0.360 e. The Kier molecular flexibility index (Phi) is 6.82. The predicted molar refractivity (Wildman–Crippen MR) is 68.9 cm³/mol. The molecule has 6 nitrogen and oxygen atoms in total. The van der Waals surface area contributed by atoms with E-state index >= 15 is 0 Å². The topological polar surface area (TPSA) is 66.2 Å². The lowest BCUT2D eigenvalue weighted by Crippen LogP contribution is -2.01. The molecule has 0 N–H and O–H groups in total. The Balaban J connectivity index is 2.27. The van der Waals surface area contributed by atoms with Crippen LogP contribution in [0, 0.1) is 0 Å². The maximum atomic E-state index is 11.1. The monoisotopic (exact) mass is 357 g/mol. The van der Waals surface area contributed by atoms with Crippen LogP contribution in [-0.4, -0.2) is 34.7 Å². The number of hydrogen-bond donors (Lipinski definition) is 0. The van der Waals surface area contributed by atoms with Crippen molar-refractivity contribution >= 4 is 34.5 Å². The summed E-state index contributed by atoms with van der Waals surface area (Å²) >= 11 is 2.19. The molecule has 1 aromatic heterocycles. The van der Waals surface area contributed by atoms with Gasteiger partial charge in [0.05, 0.1) is 26.4 Å². The van der Waals surface area contributed by atoms with E-state index in [4.69, 9.17) is 4.52 Å². The van der Waals surface area contributed by atoms with Crippen molar-refractivity contribution in [2.75, 3.05) is 13.7 Å². The van der Waals surface area contributed by atoms with Crippen LogP contribution in [-0.2, 0) is 15.8 Å². The highest BCUT2D eigenvalue weighted by atomic mass is 127. The summed E-state index contributed by atoms with van der Waals surface area (Å²) in [6.07, 6.45) is 3.52. The van der Waals surface area contributed by atoms with Gasteiger partial charge in [0.2, 0.25) is 0 Å². The minimum absolute atomic E-state index is 0.243. The molecule has 1 rings (SSSR count). The molecule has 1 atom stereocenters. The zero-order valence-electron chi connectivity index (χ0n) is 8.85. The molecule has 0 aliphatic carbocycles. The van der Waals surface area contributed by atoms with Crippen molar-refractivity contribution in [3.05, 3.63) is 11.9 Å². The molecule has 1 unspecified atom stereocenters. The summed E-state index contributed by atoms with van der Waals surface area (Å²) in [4.78, 5) is 11.1. The van der Waals surface area contributed by atoms with Crippen LogP contribution in [0.3, 0.4) is 0 Å². The zero-order chi connectivity index (χ0) is 11.8. The van der Waals surface area contributed by atoms with Gasteiger partial charge in [0, 0.05) is 6.54 Å². The quantitative estimate of drug-likeness (QED) is 0.322. The van der Waals surface area contributed by atoms with Crippen LogP contribution in [0.1, 0.15) is 23.3 Å². The number of nitrogens with zero attached hydrogens (tertiary/aromatic N) is 3. The first-order valence-corrected chi connectivity index (χ1v) is 8.76. The molecular weight excluding hydrogens is 344 g/mol. The van der Waals surface area contributed by atoms with E-state index in [1.54, 1.807) is 10.9 Å². The number of methoxy groups -OCH3 is 1. The van der Waals surface area contributed by atoms with Crippen LogP contribution in [0.15, 0.2) is 6.20 Å². The number of aryl methyl sites for hydroxylation is 1. The predicted octanol–water partition coefficient (Wildman–Crippen LogP) is 1.80. The largest absolute Gasteiger partial charge is 0.464 e. The summed E-state index contributed by atoms with van der Waals surface area (Å²) in [5, 5.41) is 7.54. The summed E-state index contributed by atoms with van der Waals surface area (Å²) in [7, 11) is 1.32. The highest BCUT2D eigenvalue weighted by Crippen LogP contribution is 2.21. The van der Waals surface area contributed by atoms with E-state index in [0.717, 1.165) is 26.0 Å². The molecule has 1 heterocycles. The summed E-state index contributed by atoms with van der Waals surface area (Å²) < 4.78 is 11.4. The van der Waals surface area contributed by atoms with Crippen LogP contribution in [0.2, 0.25) is 0 Å². The third kappa shape index (κ3) is 4.71. The van der Waals surface area contributed by atoms with Gasteiger partial charge in [0.15, 0.2) is 5.69 Å². The SMILES string of the molecule is COC(=O)c1cn(CCCCOPI)nn1. The van der Waals surface area contributed by atoms with Crippen molar-refractivity contribution < 1.29 is 14.1 Å². The number of halogens is 1. The number of ether oxygens (including phenoxy) is 1. The van der Waals surface area contributed by atoms with Crippen molar-refractivity contribution in [1.82, 2.24) is 15.0 Å². The second kappa shape index (κ2) is 7.92. The first-order valence-electron chi connectivity index (χ1n) is 4.73.